The predicted molar refractivity (Wildman–Crippen MR) is 72.9 cm³/mol. The molecule has 2 aromatic rings. The van der Waals surface area contributed by atoms with E-state index in [-0.39, 0.29) is 0 Å². The third-order valence-electron chi connectivity index (χ3n) is 2.66. The molecular formula is C13H14F3N5. The lowest BCUT2D eigenvalue weighted by Gasteiger charge is -2.11. The number of pyridine rings is 1. The Labute approximate surface area is 119 Å². The highest BCUT2D eigenvalue weighted by atomic mass is 19.4. The fraction of sp³-hybridized carbons (Fsp3) is 0.308. The van der Waals surface area contributed by atoms with Crippen LogP contribution in [0.4, 0.5) is 24.9 Å². The Morgan fingerprint density at radius 1 is 1.05 bits per heavy atom. The number of hydrogen-bond donors (Lipinski definition) is 1. The van der Waals surface area contributed by atoms with Gasteiger partial charge in [-0.3, -0.25) is 0 Å². The molecule has 0 radical (unpaired) electrons. The Morgan fingerprint density at radius 2 is 1.71 bits per heavy atom. The summed E-state index contributed by atoms with van der Waals surface area (Å²) >= 11 is 0. The molecule has 2 aromatic heterocycles. The van der Waals surface area contributed by atoms with Crippen molar-refractivity contribution < 1.29 is 13.2 Å². The van der Waals surface area contributed by atoms with Crippen molar-refractivity contribution in [2.75, 3.05) is 24.3 Å². The summed E-state index contributed by atoms with van der Waals surface area (Å²) in [5.74, 6) is 0.950. The molecule has 5 nitrogen and oxygen atoms in total. The van der Waals surface area contributed by atoms with Gasteiger partial charge in [0.05, 0.1) is 5.56 Å². The topological polar surface area (TPSA) is 53.9 Å². The Bertz CT molecular complexity index is 578. The molecule has 21 heavy (non-hydrogen) atoms. The molecule has 0 amide bonds. The van der Waals surface area contributed by atoms with E-state index in [2.05, 4.69) is 20.3 Å². The van der Waals surface area contributed by atoms with Crippen LogP contribution in [0.15, 0.2) is 30.7 Å². The van der Waals surface area contributed by atoms with Gasteiger partial charge in [0.1, 0.15) is 5.82 Å². The number of nitrogens with zero attached hydrogens (tertiary/aromatic N) is 4. The van der Waals surface area contributed by atoms with Crippen LogP contribution in [0.1, 0.15) is 11.1 Å². The van der Waals surface area contributed by atoms with E-state index in [0.29, 0.717) is 18.3 Å². The van der Waals surface area contributed by atoms with Crippen LogP contribution in [0.3, 0.4) is 0 Å². The Balaban J connectivity index is 1.96. The second-order valence-electron chi connectivity index (χ2n) is 4.57. The second-order valence-corrected chi connectivity index (χ2v) is 4.57. The summed E-state index contributed by atoms with van der Waals surface area (Å²) < 4.78 is 37.2. The number of hydrogen-bond acceptors (Lipinski definition) is 5. The van der Waals surface area contributed by atoms with Crippen LogP contribution < -0.4 is 10.2 Å². The van der Waals surface area contributed by atoms with E-state index in [4.69, 9.17) is 0 Å². The van der Waals surface area contributed by atoms with Crippen molar-refractivity contribution in [3.05, 3.63) is 41.9 Å². The van der Waals surface area contributed by atoms with Crippen LogP contribution in [0.25, 0.3) is 0 Å². The van der Waals surface area contributed by atoms with Gasteiger partial charge < -0.3 is 10.2 Å². The molecule has 0 saturated heterocycles. The van der Waals surface area contributed by atoms with E-state index in [1.165, 1.54) is 6.07 Å². The highest BCUT2D eigenvalue weighted by molar-refractivity contribution is 5.37. The lowest BCUT2D eigenvalue weighted by molar-refractivity contribution is -0.137. The van der Waals surface area contributed by atoms with Crippen molar-refractivity contribution in [3.8, 4) is 0 Å². The highest BCUT2D eigenvalue weighted by Crippen LogP contribution is 2.28. The van der Waals surface area contributed by atoms with Gasteiger partial charge in [-0.05, 0) is 12.1 Å². The number of nitrogens with one attached hydrogen (secondary N) is 1. The largest absolute Gasteiger partial charge is 0.417 e. The van der Waals surface area contributed by atoms with E-state index in [1.54, 1.807) is 17.3 Å². The van der Waals surface area contributed by atoms with Gasteiger partial charge in [-0.25, -0.2) is 15.0 Å². The lowest BCUT2D eigenvalue weighted by atomic mass is 10.2. The number of halogens is 3. The van der Waals surface area contributed by atoms with Crippen molar-refractivity contribution in [2.45, 2.75) is 12.7 Å². The molecule has 0 aromatic carbocycles. The number of aromatic nitrogens is 3. The molecule has 0 aliphatic heterocycles. The van der Waals surface area contributed by atoms with Gasteiger partial charge >= 0.3 is 6.18 Å². The molecule has 8 heteroatoms. The summed E-state index contributed by atoms with van der Waals surface area (Å²) in [6.07, 6.45) is -0.270. The molecule has 0 atom stereocenters. The minimum absolute atomic E-state index is 0.361. The Morgan fingerprint density at radius 3 is 2.19 bits per heavy atom. The lowest BCUT2D eigenvalue weighted by Crippen LogP contribution is -2.13. The van der Waals surface area contributed by atoms with Crippen LogP contribution in [0.5, 0.6) is 0 Å². The van der Waals surface area contributed by atoms with E-state index in [1.807, 2.05) is 14.1 Å². The monoisotopic (exact) mass is 297 g/mol. The first-order valence-electron chi connectivity index (χ1n) is 6.11. The molecule has 0 unspecified atom stereocenters. The maximum Gasteiger partial charge on any atom is 0.417 e. The van der Waals surface area contributed by atoms with Gasteiger partial charge in [-0.15, -0.1) is 0 Å². The molecule has 0 spiro atoms. The second kappa shape index (κ2) is 5.94. The van der Waals surface area contributed by atoms with Crippen LogP contribution >= 0.6 is 0 Å². The summed E-state index contributed by atoms with van der Waals surface area (Å²) in [6, 6.07) is 2.28. The Hall–Kier alpha value is -2.38. The summed E-state index contributed by atoms with van der Waals surface area (Å²) in [5, 5.41) is 2.92. The van der Waals surface area contributed by atoms with Gasteiger partial charge in [0, 0.05) is 44.8 Å². The van der Waals surface area contributed by atoms with Crippen molar-refractivity contribution >= 4 is 11.8 Å². The molecule has 0 bridgehead atoms. The first-order chi connectivity index (χ1) is 9.86. The summed E-state index contributed by atoms with van der Waals surface area (Å²) in [6.45, 7) is 0.381. The normalized spacial score (nSPS) is 11.3. The van der Waals surface area contributed by atoms with Crippen molar-refractivity contribution in [3.63, 3.8) is 0 Å². The summed E-state index contributed by atoms with van der Waals surface area (Å²) in [4.78, 5) is 13.8. The zero-order valence-corrected chi connectivity index (χ0v) is 11.5. The molecule has 1 N–H and O–H groups in total. The number of rotatable bonds is 4. The SMILES string of the molecule is CN(C)c1ncc(CNc2ccc(C(F)(F)F)cn2)cn1. The quantitative estimate of drug-likeness (QED) is 0.940. The minimum atomic E-state index is -4.37. The molecule has 0 saturated carbocycles. The standard InChI is InChI=1S/C13H14F3N5/c1-21(2)12-19-6-9(7-20-12)5-17-11-4-3-10(8-18-11)13(14,15)16/h3-4,6-8H,5H2,1-2H3,(H,17,18). The van der Waals surface area contributed by atoms with Crippen LogP contribution in [0.2, 0.25) is 0 Å². The fourth-order valence-electron chi connectivity index (χ4n) is 1.53. The fourth-order valence-corrected chi connectivity index (χ4v) is 1.53. The predicted octanol–water partition coefficient (Wildman–Crippen LogP) is 2.57. The van der Waals surface area contributed by atoms with Gasteiger partial charge in [0.2, 0.25) is 5.95 Å². The molecular weight excluding hydrogens is 283 g/mol. The minimum Gasteiger partial charge on any atom is -0.366 e. The summed E-state index contributed by atoms with van der Waals surface area (Å²) in [5.41, 5.74) is 0.0361. The van der Waals surface area contributed by atoms with Crippen LogP contribution in [-0.2, 0) is 12.7 Å². The Kier molecular flexibility index (Phi) is 4.25. The van der Waals surface area contributed by atoms with Crippen LogP contribution in [-0.4, -0.2) is 29.0 Å². The first kappa shape index (κ1) is 15.0. The molecule has 112 valence electrons. The average Bonchev–Trinajstić information content (AvgIpc) is 2.45. The highest BCUT2D eigenvalue weighted by Gasteiger charge is 2.30. The maximum absolute atomic E-state index is 12.4. The molecule has 0 aliphatic rings. The van der Waals surface area contributed by atoms with E-state index < -0.39 is 11.7 Å². The van der Waals surface area contributed by atoms with E-state index in [9.17, 15) is 13.2 Å². The van der Waals surface area contributed by atoms with Gasteiger partial charge in [0.15, 0.2) is 0 Å². The zero-order valence-electron chi connectivity index (χ0n) is 11.5. The van der Waals surface area contributed by atoms with Crippen molar-refractivity contribution in [2.24, 2.45) is 0 Å². The molecule has 0 aliphatic carbocycles. The maximum atomic E-state index is 12.4. The number of anilines is 2. The number of alkyl halides is 3. The average molecular weight is 297 g/mol. The zero-order chi connectivity index (χ0) is 15.5. The van der Waals surface area contributed by atoms with Gasteiger partial charge in [-0.1, -0.05) is 0 Å². The van der Waals surface area contributed by atoms with E-state index in [0.717, 1.165) is 17.8 Å². The third kappa shape index (κ3) is 4.04. The van der Waals surface area contributed by atoms with E-state index >= 15 is 0 Å². The molecule has 0 fully saturated rings. The van der Waals surface area contributed by atoms with Crippen LogP contribution in [0, 0.1) is 0 Å². The van der Waals surface area contributed by atoms with Crippen molar-refractivity contribution in [1.29, 1.82) is 0 Å². The van der Waals surface area contributed by atoms with Crippen molar-refractivity contribution in [1.82, 2.24) is 15.0 Å². The summed E-state index contributed by atoms with van der Waals surface area (Å²) in [7, 11) is 3.67. The molecule has 2 rings (SSSR count). The first-order valence-corrected chi connectivity index (χ1v) is 6.11. The molecule has 2 heterocycles. The smallest absolute Gasteiger partial charge is 0.366 e. The third-order valence-corrected chi connectivity index (χ3v) is 2.66. The van der Waals surface area contributed by atoms with Gasteiger partial charge in [0.25, 0.3) is 0 Å². The van der Waals surface area contributed by atoms with Gasteiger partial charge in [-0.2, -0.15) is 13.2 Å².